The first-order valence-electron chi connectivity index (χ1n) is 6.11. The molecule has 0 aliphatic carbocycles. The van der Waals surface area contributed by atoms with Crippen LogP contribution in [0.3, 0.4) is 0 Å². The number of amides is 1. The molecule has 5 nitrogen and oxygen atoms in total. The van der Waals surface area contributed by atoms with Crippen molar-refractivity contribution in [3.05, 3.63) is 0 Å². The molecule has 1 unspecified atom stereocenters. The van der Waals surface area contributed by atoms with Gasteiger partial charge in [-0.1, -0.05) is 13.3 Å². The van der Waals surface area contributed by atoms with Crippen molar-refractivity contribution >= 4 is 5.91 Å². The number of hydrogen-bond acceptors (Lipinski definition) is 4. The molecule has 1 saturated heterocycles. The summed E-state index contributed by atoms with van der Waals surface area (Å²) in [6.07, 6.45) is 1.87. The minimum Gasteiger partial charge on any atom is -0.330 e. The van der Waals surface area contributed by atoms with Crippen LogP contribution in [0, 0.1) is 5.92 Å². The van der Waals surface area contributed by atoms with Crippen molar-refractivity contribution in [2.24, 2.45) is 11.7 Å². The molecule has 0 spiro atoms. The highest BCUT2D eigenvalue weighted by Gasteiger charge is 2.20. The van der Waals surface area contributed by atoms with Gasteiger partial charge in [0, 0.05) is 32.7 Å². The Hall–Kier alpha value is -0.650. The molecular formula is C11H24N4O. The molecule has 0 radical (unpaired) electrons. The van der Waals surface area contributed by atoms with Gasteiger partial charge in [0.15, 0.2) is 0 Å². The van der Waals surface area contributed by atoms with Gasteiger partial charge in [-0.25, -0.2) is 5.01 Å². The number of hydrogen-bond donors (Lipinski definition) is 2. The highest BCUT2D eigenvalue weighted by molar-refractivity contribution is 5.78. The molecule has 3 N–H and O–H groups in total. The van der Waals surface area contributed by atoms with E-state index in [-0.39, 0.29) is 11.8 Å². The van der Waals surface area contributed by atoms with Crippen LogP contribution in [-0.2, 0) is 4.79 Å². The topological polar surface area (TPSA) is 61.6 Å². The van der Waals surface area contributed by atoms with Crippen LogP contribution >= 0.6 is 0 Å². The molecule has 0 saturated carbocycles. The molecule has 16 heavy (non-hydrogen) atoms. The fourth-order valence-electron chi connectivity index (χ4n) is 1.87. The molecule has 0 bridgehead atoms. The normalized spacial score (nSPS) is 20.7. The van der Waals surface area contributed by atoms with E-state index in [2.05, 4.69) is 24.3 Å². The maximum absolute atomic E-state index is 11.9. The summed E-state index contributed by atoms with van der Waals surface area (Å²) in [6.45, 7) is 6.30. The number of carbonyl (C=O) groups is 1. The van der Waals surface area contributed by atoms with Gasteiger partial charge in [0.25, 0.3) is 0 Å². The van der Waals surface area contributed by atoms with E-state index >= 15 is 0 Å². The van der Waals surface area contributed by atoms with Gasteiger partial charge in [0.2, 0.25) is 5.91 Å². The Balaban J connectivity index is 2.32. The fourth-order valence-corrected chi connectivity index (χ4v) is 1.87. The van der Waals surface area contributed by atoms with E-state index in [0.29, 0.717) is 6.54 Å². The summed E-state index contributed by atoms with van der Waals surface area (Å²) in [5.74, 6) is 0.0403. The molecular weight excluding hydrogens is 204 g/mol. The molecule has 0 aromatic heterocycles. The second-order valence-electron chi connectivity index (χ2n) is 4.49. The lowest BCUT2D eigenvalue weighted by Gasteiger charge is -2.33. The minimum absolute atomic E-state index is 0.0374. The number of nitrogens with zero attached hydrogens (tertiary/aromatic N) is 2. The summed E-state index contributed by atoms with van der Waals surface area (Å²) in [5.41, 5.74) is 8.56. The lowest BCUT2D eigenvalue weighted by molar-refractivity contribution is -0.130. The summed E-state index contributed by atoms with van der Waals surface area (Å²) in [5, 5.41) is 2.00. The van der Waals surface area contributed by atoms with Gasteiger partial charge in [-0.05, 0) is 13.5 Å². The molecule has 94 valence electrons. The monoisotopic (exact) mass is 228 g/mol. The second kappa shape index (κ2) is 6.83. The van der Waals surface area contributed by atoms with Crippen molar-refractivity contribution < 1.29 is 4.79 Å². The Morgan fingerprint density at radius 2 is 2.00 bits per heavy atom. The number of hydrazine groups is 1. The first kappa shape index (κ1) is 13.4. The summed E-state index contributed by atoms with van der Waals surface area (Å²) < 4.78 is 0. The Morgan fingerprint density at radius 1 is 1.38 bits per heavy atom. The average molecular weight is 228 g/mol. The first-order valence-corrected chi connectivity index (χ1v) is 6.11. The number of carbonyl (C=O) groups excluding carboxylic acids is 1. The van der Waals surface area contributed by atoms with E-state index in [1.165, 1.54) is 0 Å². The average Bonchev–Trinajstić information content (AvgIpc) is 2.29. The Kier molecular flexibility index (Phi) is 5.73. The summed E-state index contributed by atoms with van der Waals surface area (Å²) in [4.78, 5) is 14.1. The standard InChI is InChI=1S/C11H24N4O/c1-3-4-10(9-12)11(16)13-15-7-5-14(2)6-8-15/h10H,3-9,12H2,1-2H3,(H,13,16). The van der Waals surface area contributed by atoms with Gasteiger partial charge in [-0.3, -0.25) is 10.2 Å². The molecule has 1 amide bonds. The van der Waals surface area contributed by atoms with Crippen LogP contribution in [0.15, 0.2) is 0 Å². The van der Waals surface area contributed by atoms with Crippen molar-refractivity contribution in [1.29, 1.82) is 0 Å². The summed E-state index contributed by atoms with van der Waals surface area (Å²) >= 11 is 0. The predicted molar refractivity (Wildman–Crippen MR) is 64.7 cm³/mol. The maximum Gasteiger partial charge on any atom is 0.238 e. The van der Waals surface area contributed by atoms with E-state index in [1.54, 1.807) is 0 Å². The van der Waals surface area contributed by atoms with Crippen LogP contribution in [0.1, 0.15) is 19.8 Å². The van der Waals surface area contributed by atoms with Gasteiger partial charge in [-0.15, -0.1) is 0 Å². The molecule has 1 heterocycles. The van der Waals surface area contributed by atoms with Crippen LogP contribution in [0.5, 0.6) is 0 Å². The third-order valence-corrected chi connectivity index (χ3v) is 3.06. The highest BCUT2D eigenvalue weighted by atomic mass is 16.2. The fraction of sp³-hybridized carbons (Fsp3) is 0.909. The lowest BCUT2D eigenvalue weighted by atomic mass is 10.0. The third kappa shape index (κ3) is 4.08. The van der Waals surface area contributed by atoms with Gasteiger partial charge in [0.05, 0.1) is 5.92 Å². The van der Waals surface area contributed by atoms with E-state index in [9.17, 15) is 4.79 Å². The van der Waals surface area contributed by atoms with E-state index in [1.807, 2.05) is 5.01 Å². The van der Waals surface area contributed by atoms with E-state index < -0.39 is 0 Å². The number of nitrogens with one attached hydrogen (secondary N) is 1. The summed E-state index contributed by atoms with van der Waals surface area (Å²) in [7, 11) is 2.10. The zero-order valence-corrected chi connectivity index (χ0v) is 10.4. The maximum atomic E-state index is 11.9. The molecule has 0 aromatic carbocycles. The number of piperazine rings is 1. The first-order chi connectivity index (χ1) is 7.67. The lowest BCUT2D eigenvalue weighted by Crippen LogP contribution is -2.54. The Labute approximate surface area is 97.9 Å². The van der Waals surface area contributed by atoms with Crippen molar-refractivity contribution in [3.63, 3.8) is 0 Å². The van der Waals surface area contributed by atoms with Crippen molar-refractivity contribution in [2.75, 3.05) is 39.8 Å². The number of rotatable bonds is 5. The van der Waals surface area contributed by atoms with E-state index in [0.717, 1.165) is 39.0 Å². The number of nitrogens with two attached hydrogens (primary N) is 1. The summed E-state index contributed by atoms with van der Waals surface area (Å²) in [6, 6.07) is 0. The molecule has 5 heteroatoms. The molecule has 1 aliphatic rings. The third-order valence-electron chi connectivity index (χ3n) is 3.06. The SMILES string of the molecule is CCCC(CN)C(=O)NN1CCN(C)CC1. The number of likely N-dealkylation sites (N-methyl/N-ethyl adjacent to an activating group) is 1. The Bertz CT molecular complexity index is 214. The quantitative estimate of drug-likeness (QED) is 0.674. The van der Waals surface area contributed by atoms with Gasteiger partial charge >= 0.3 is 0 Å². The van der Waals surface area contributed by atoms with Crippen LogP contribution in [0.4, 0.5) is 0 Å². The van der Waals surface area contributed by atoms with Crippen molar-refractivity contribution in [3.8, 4) is 0 Å². The Morgan fingerprint density at radius 3 is 2.50 bits per heavy atom. The van der Waals surface area contributed by atoms with Crippen LogP contribution < -0.4 is 11.2 Å². The molecule has 1 aliphatic heterocycles. The molecule has 0 aromatic rings. The molecule has 1 fully saturated rings. The van der Waals surface area contributed by atoms with Crippen molar-refractivity contribution in [2.45, 2.75) is 19.8 Å². The van der Waals surface area contributed by atoms with Gasteiger partial charge in [-0.2, -0.15) is 0 Å². The zero-order chi connectivity index (χ0) is 12.0. The largest absolute Gasteiger partial charge is 0.330 e. The highest BCUT2D eigenvalue weighted by Crippen LogP contribution is 2.05. The van der Waals surface area contributed by atoms with Gasteiger partial charge < -0.3 is 10.6 Å². The second-order valence-corrected chi connectivity index (χ2v) is 4.49. The molecule has 1 rings (SSSR count). The molecule has 1 atom stereocenters. The van der Waals surface area contributed by atoms with E-state index in [4.69, 9.17) is 5.73 Å². The van der Waals surface area contributed by atoms with Gasteiger partial charge in [0.1, 0.15) is 0 Å². The van der Waals surface area contributed by atoms with Crippen LogP contribution in [0.25, 0.3) is 0 Å². The van der Waals surface area contributed by atoms with Crippen molar-refractivity contribution in [1.82, 2.24) is 15.3 Å². The smallest absolute Gasteiger partial charge is 0.238 e. The minimum atomic E-state index is -0.0374. The van der Waals surface area contributed by atoms with Crippen LogP contribution in [0.2, 0.25) is 0 Å². The van der Waals surface area contributed by atoms with Crippen LogP contribution in [-0.4, -0.2) is 55.6 Å². The predicted octanol–water partition coefficient (Wildman–Crippen LogP) is -0.360. The zero-order valence-electron chi connectivity index (χ0n) is 10.4.